The molecule has 0 unspecified atom stereocenters. The molecule has 26 heavy (non-hydrogen) atoms. The highest BCUT2D eigenvalue weighted by Gasteiger charge is 2.40. The van der Waals surface area contributed by atoms with Crippen LogP contribution in [0, 0.1) is 0 Å². The molecule has 3 atom stereocenters. The molecule has 0 bridgehead atoms. The molecule has 1 N–H and O–H groups in total. The van der Waals surface area contributed by atoms with Crippen molar-refractivity contribution in [3.63, 3.8) is 0 Å². The standard InChI is InChI=1S/C18H22N2O6/c1-24-17-13(10-15(21)26-17)19-16(22)14-8-5-9-20(14)18(23)25-11-12-6-3-2-4-7-12/h2-4,6-7,13-14,17H,5,8-11H2,1H3,(H,19,22)/t13-,14-,17+/m0/s1. The lowest BCUT2D eigenvalue weighted by molar-refractivity contribution is -0.160. The number of methoxy groups -OCH3 is 1. The second-order valence-corrected chi connectivity index (χ2v) is 6.30. The van der Waals surface area contributed by atoms with Crippen molar-refractivity contribution in [3.05, 3.63) is 35.9 Å². The minimum Gasteiger partial charge on any atom is -0.445 e. The molecular formula is C18H22N2O6. The second kappa shape index (κ2) is 8.18. The third-order valence-corrected chi connectivity index (χ3v) is 4.52. The molecule has 2 aliphatic heterocycles. The van der Waals surface area contributed by atoms with Crippen LogP contribution >= 0.6 is 0 Å². The van der Waals surface area contributed by atoms with Crippen LogP contribution in [0.1, 0.15) is 24.8 Å². The number of nitrogens with one attached hydrogen (secondary N) is 1. The lowest BCUT2D eigenvalue weighted by atomic mass is 10.1. The highest BCUT2D eigenvalue weighted by atomic mass is 16.7. The van der Waals surface area contributed by atoms with Gasteiger partial charge in [-0.2, -0.15) is 0 Å². The number of benzene rings is 1. The fourth-order valence-corrected chi connectivity index (χ4v) is 3.21. The van der Waals surface area contributed by atoms with Gasteiger partial charge in [-0.3, -0.25) is 14.5 Å². The van der Waals surface area contributed by atoms with Gasteiger partial charge in [0.25, 0.3) is 0 Å². The topological polar surface area (TPSA) is 94.2 Å². The number of amides is 2. The highest BCUT2D eigenvalue weighted by Crippen LogP contribution is 2.21. The summed E-state index contributed by atoms with van der Waals surface area (Å²) in [6, 6.07) is 8.18. The molecule has 140 valence electrons. The number of hydrogen-bond donors (Lipinski definition) is 1. The minimum absolute atomic E-state index is 0.0510. The Morgan fingerprint density at radius 2 is 2.08 bits per heavy atom. The molecule has 1 aromatic rings. The smallest absolute Gasteiger partial charge is 0.410 e. The number of ether oxygens (including phenoxy) is 3. The van der Waals surface area contributed by atoms with Crippen molar-refractivity contribution >= 4 is 18.0 Å². The van der Waals surface area contributed by atoms with E-state index in [1.165, 1.54) is 12.0 Å². The van der Waals surface area contributed by atoms with Crippen LogP contribution in [-0.4, -0.2) is 54.9 Å². The van der Waals surface area contributed by atoms with E-state index in [0.717, 1.165) is 5.56 Å². The predicted molar refractivity (Wildman–Crippen MR) is 89.8 cm³/mol. The van der Waals surface area contributed by atoms with Crippen LogP contribution in [0.4, 0.5) is 4.79 Å². The van der Waals surface area contributed by atoms with Crippen LogP contribution in [0.3, 0.4) is 0 Å². The van der Waals surface area contributed by atoms with Crippen LogP contribution in [-0.2, 0) is 30.4 Å². The Labute approximate surface area is 151 Å². The maximum absolute atomic E-state index is 12.6. The first-order valence-electron chi connectivity index (χ1n) is 8.58. The van der Waals surface area contributed by atoms with Crippen molar-refractivity contribution in [3.8, 4) is 0 Å². The number of nitrogens with zero attached hydrogens (tertiary/aromatic N) is 1. The molecule has 0 spiro atoms. The Bertz CT molecular complexity index is 665. The number of likely N-dealkylation sites (tertiary alicyclic amines) is 1. The summed E-state index contributed by atoms with van der Waals surface area (Å²) in [5.41, 5.74) is 0.880. The summed E-state index contributed by atoms with van der Waals surface area (Å²) in [7, 11) is 1.41. The summed E-state index contributed by atoms with van der Waals surface area (Å²) in [6.07, 6.45) is -0.00687. The van der Waals surface area contributed by atoms with E-state index in [1.807, 2.05) is 30.3 Å². The van der Waals surface area contributed by atoms with E-state index in [9.17, 15) is 14.4 Å². The Balaban J connectivity index is 1.56. The molecule has 3 rings (SSSR count). The zero-order valence-electron chi connectivity index (χ0n) is 14.6. The van der Waals surface area contributed by atoms with Gasteiger partial charge in [0.15, 0.2) is 0 Å². The average Bonchev–Trinajstić information content (AvgIpc) is 3.27. The fraction of sp³-hybridized carbons (Fsp3) is 0.500. The van der Waals surface area contributed by atoms with E-state index in [0.29, 0.717) is 19.4 Å². The van der Waals surface area contributed by atoms with Crippen LogP contribution in [0.2, 0.25) is 0 Å². The Kier molecular flexibility index (Phi) is 5.72. The van der Waals surface area contributed by atoms with Gasteiger partial charge in [-0.1, -0.05) is 30.3 Å². The molecule has 0 aliphatic carbocycles. The summed E-state index contributed by atoms with van der Waals surface area (Å²) in [6.45, 7) is 0.612. The zero-order valence-corrected chi connectivity index (χ0v) is 14.6. The predicted octanol–water partition coefficient (Wildman–Crippen LogP) is 1.19. The van der Waals surface area contributed by atoms with Crippen molar-refractivity contribution in [1.29, 1.82) is 0 Å². The Hall–Kier alpha value is -2.61. The first kappa shape index (κ1) is 18.2. The molecule has 8 heteroatoms. The van der Waals surface area contributed by atoms with Gasteiger partial charge >= 0.3 is 12.1 Å². The third kappa shape index (κ3) is 4.13. The summed E-state index contributed by atoms with van der Waals surface area (Å²) in [5, 5.41) is 2.75. The SMILES string of the molecule is CO[C@@H]1OC(=O)C[C@@H]1NC(=O)[C@@H]1CCCN1C(=O)OCc1ccccc1. The van der Waals surface area contributed by atoms with Gasteiger partial charge in [0.05, 0.1) is 6.42 Å². The van der Waals surface area contributed by atoms with Gasteiger partial charge in [-0.25, -0.2) is 4.79 Å². The minimum atomic E-state index is -0.800. The number of esters is 1. The summed E-state index contributed by atoms with van der Waals surface area (Å²) >= 11 is 0. The van der Waals surface area contributed by atoms with Gasteiger partial charge in [0.2, 0.25) is 12.2 Å². The molecule has 2 amide bonds. The van der Waals surface area contributed by atoms with E-state index >= 15 is 0 Å². The molecule has 0 aromatic heterocycles. The van der Waals surface area contributed by atoms with E-state index in [1.54, 1.807) is 0 Å². The molecule has 2 fully saturated rings. The maximum atomic E-state index is 12.6. The van der Waals surface area contributed by atoms with Crippen molar-refractivity contribution < 1.29 is 28.6 Å². The molecule has 2 heterocycles. The van der Waals surface area contributed by atoms with Crippen molar-refractivity contribution in [2.24, 2.45) is 0 Å². The fourth-order valence-electron chi connectivity index (χ4n) is 3.21. The largest absolute Gasteiger partial charge is 0.445 e. The molecule has 1 aromatic carbocycles. The number of rotatable bonds is 5. The maximum Gasteiger partial charge on any atom is 0.410 e. The highest BCUT2D eigenvalue weighted by molar-refractivity contribution is 5.87. The van der Waals surface area contributed by atoms with Crippen LogP contribution in [0.15, 0.2) is 30.3 Å². The van der Waals surface area contributed by atoms with Gasteiger partial charge in [-0.05, 0) is 18.4 Å². The third-order valence-electron chi connectivity index (χ3n) is 4.52. The van der Waals surface area contributed by atoms with Crippen LogP contribution in [0.5, 0.6) is 0 Å². The molecule has 2 aliphatic rings. The molecule has 8 nitrogen and oxygen atoms in total. The van der Waals surface area contributed by atoms with E-state index in [-0.39, 0.29) is 18.9 Å². The summed E-state index contributed by atoms with van der Waals surface area (Å²) in [5.74, 6) is -0.753. The molecular weight excluding hydrogens is 340 g/mol. The van der Waals surface area contributed by atoms with Crippen LogP contribution < -0.4 is 5.32 Å². The summed E-state index contributed by atoms with van der Waals surface area (Å²) < 4.78 is 15.3. The van der Waals surface area contributed by atoms with Crippen LogP contribution in [0.25, 0.3) is 0 Å². The lowest BCUT2D eigenvalue weighted by Gasteiger charge is -2.25. The lowest BCUT2D eigenvalue weighted by Crippen LogP contribution is -2.51. The van der Waals surface area contributed by atoms with Gasteiger partial charge < -0.3 is 19.5 Å². The first-order chi connectivity index (χ1) is 12.6. The van der Waals surface area contributed by atoms with E-state index < -0.39 is 30.4 Å². The normalized spacial score (nSPS) is 25.0. The monoisotopic (exact) mass is 362 g/mol. The van der Waals surface area contributed by atoms with Crippen molar-refractivity contribution in [1.82, 2.24) is 10.2 Å². The number of hydrogen-bond acceptors (Lipinski definition) is 6. The van der Waals surface area contributed by atoms with Gasteiger partial charge in [0, 0.05) is 13.7 Å². The van der Waals surface area contributed by atoms with Gasteiger partial charge in [-0.15, -0.1) is 0 Å². The summed E-state index contributed by atoms with van der Waals surface area (Å²) in [4.78, 5) is 37.7. The van der Waals surface area contributed by atoms with E-state index in [2.05, 4.69) is 5.32 Å². The van der Waals surface area contributed by atoms with Gasteiger partial charge in [0.1, 0.15) is 18.7 Å². The van der Waals surface area contributed by atoms with E-state index in [4.69, 9.17) is 14.2 Å². The Morgan fingerprint density at radius 3 is 2.81 bits per heavy atom. The van der Waals surface area contributed by atoms with Crippen molar-refractivity contribution in [2.75, 3.05) is 13.7 Å². The average molecular weight is 362 g/mol. The molecule has 0 saturated carbocycles. The zero-order chi connectivity index (χ0) is 18.5. The Morgan fingerprint density at radius 1 is 1.31 bits per heavy atom. The number of cyclic esters (lactones) is 1. The number of carbonyl (C=O) groups excluding carboxylic acids is 3. The van der Waals surface area contributed by atoms with Crippen molar-refractivity contribution in [2.45, 2.75) is 44.2 Å². The molecule has 0 radical (unpaired) electrons. The first-order valence-corrected chi connectivity index (χ1v) is 8.58. The quantitative estimate of drug-likeness (QED) is 0.791. The second-order valence-electron chi connectivity index (χ2n) is 6.30. The molecule has 2 saturated heterocycles. The number of carbonyl (C=O) groups is 3.